The molecule has 0 aromatic heterocycles. The average molecular weight is 183 g/mol. The van der Waals surface area contributed by atoms with Gasteiger partial charge in [0.25, 0.3) is 0 Å². The summed E-state index contributed by atoms with van der Waals surface area (Å²) in [4.78, 5) is 0. The summed E-state index contributed by atoms with van der Waals surface area (Å²) in [5.41, 5.74) is 6.07. The standard InChI is InChI=1S/C10H15NO2/c1-12-9-4-3-8(5-6-11)7-10(9)13-2/h3-4,7H,5-6,11H2,1-2H3/i6D2. The van der Waals surface area contributed by atoms with Gasteiger partial charge in [-0.05, 0) is 30.6 Å². The molecule has 0 amide bonds. The first-order valence-electron chi connectivity index (χ1n) is 4.96. The number of hydrogen-bond acceptors (Lipinski definition) is 3. The minimum atomic E-state index is -1.71. The van der Waals surface area contributed by atoms with Crippen LogP contribution in [-0.4, -0.2) is 20.7 Å². The molecule has 0 unspecified atom stereocenters. The van der Waals surface area contributed by atoms with Gasteiger partial charge in [0.1, 0.15) is 0 Å². The summed E-state index contributed by atoms with van der Waals surface area (Å²) in [6.07, 6.45) is 0.146. The summed E-state index contributed by atoms with van der Waals surface area (Å²) in [6, 6.07) is 5.23. The van der Waals surface area contributed by atoms with E-state index in [4.69, 9.17) is 17.9 Å². The minimum absolute atomic E-state index is 0.146. The predicted molar refractivity (Wildman–Crippen MR) is 52.3 cm³/mol. The first-order valence-corrected chi connectivity index (χ1v) is 3.96. The molecule has 0 aliphatic heterocycles. The van der Waals surface area contributed by atoms with Crippen molar-refractivity contribution in [3.05, 3.63) is 23.8 Å². The van der Waals surface area contributed by atoms with Crippen molar-refractivity contribution in [2.45, 2.75) is 6.42 Å². The smallest absolute Gasteiger partial charge is 0.160 e. The quantitative estimate of drug-likeness (QED) is 0.763. The van der Waals surface area contributed by atoms with E-state index in [1.165, 1.54) is 0 Å². The highest BCUT2D eigenvalue weighted by molar-refractivity contribution is 5.42. The van der Waals surface area contributed by atoms with E-state index in [-0.39, 0.29) is 6.42 Å². The molecule has 1 aromatic rings. The molecule has 0 saturated heterocycles. The molecular formula is C10H15NO2. The van der Waals surface area contributed by atoms with Crippen molar-refractivity contribution < 1.29 is 12.2 Å². The maximum atomic E-state index is 7.27. The van der Waals surface area contributed by atoms with Crippen LogP contribution in [0.15, 0.2) is 18.2 Å². The SMILES string of the molecule is [2H]C([2H])(N)Cc1ccc(OC)c(OC)c1. The third-order valence-electron chi connectivity index (χ3n) is 1.75. The molecule has 0 aliphatic rings. The second-order valence-corrected chi connectivity index (χ2v) is 2.57. The highest BCUT2D eigenvalue weighted by Crippen LogP contribution is 2.27. The van der Waals surface area contributed by atoms with E-state index in [9.17, 15) is 0 Å². The zero-order valence-electron chi connectivity index (χ0n) is 9.83. The third kappa shape index (κ3) is 2.36. The molecule has 0 spiro atoms. The van der Waals surface area contributed by atoms with Gasteiger partial charge in [-0.25, -0.2) is 0 Å². The maximum absolute atomic E-state index is 7.27. The molecule has 0 radical (unpaired) electrons. The number of aryl methyl sites for hydroxylation is 1. The van der Waals surface area contributed by atoms with Crippen LogP contribution >= 0.6 is 0 Å². The number of ether oxygens (including phenoxy) is 2. The van der Waals surface area contributed by atoms with Crippen LogP contribution in [-0.2, 0) is 6.42 Å². The van der Waals surface area contributed by atoms with Gasteiger partial charge in [0, 0.05) is 2.74 Å². The van der Waals surface area contributed by atoms with Crippen LogP contribution in [0.3, 0.4) is 0 Å². The largest absolute Gasteiger partial charge is 0.493 e. The summed E-state index contributed by atoms with van der Waals surface area (Å²) >= 11 is 0. The van der Waals surface area contributed by atoms with Crippen molar-refractivity contribution in [2.75, 3.05) is 20.7 Å². The fourth-order valence-corrected chi connectivity index (χ4v) is 1.11. The van der Waals surface area contributed by atoms with Gasteiger partial charge in [-0.1, -0.05) is 6.07 Å². The Morgan fingerprint density at radius 1 is 1.31 bits per heavy atom. The fraction of sp³-hybridized carbons (Fsp3) is 0.400. The molecule has 0 fully saturated rings. The van der Waals surface area contributed by atoms with Crippen molar-refractivity contribution >= 4 is 0 Å². The Morgan fingerprint density at radius 3 is 2.54 bits per heavy atom. The Balaban J connectivity index is 2.93. The lowest BCUT2D eigenvalue weighted by Gasteiger charge is -2.08. The topological polar surface area (TPSA) is 44.5 Å². The third-order valence-corrected chi connectivity index (χ3v) is 1.75. The normalized spacial score (nSPS) is 13.2. The van der Waals surface area contributed by atoms with E-state index in [0.717, 1.165) is 5.56 Å². The molecule has 0 atom stereocenters. The second-order valence-electron chi connectivity index (χ2n) is 2.57. The molecule has 0 bridgehead atoms. The predicted octanol–water partition coefficient (Wildman–Crippen LogP) is 1.20. The van der Waals surface area contributed by atoms with Crippen molar-refractivity contribution in [2.24, 2.45) is 5.73 Å². The Bertz CT molecular complexity index is 337. The molecule has 1 aromatic carbocycles. The number of nitrogens with two attached hydrogens (primary N) is 1. The van der Waals surface area contributed by atoms with E-state index < -0.39 is 6.50 Å². The number of methoxy groups -OCH3 is 2. The number of hydrogen-bond donors (Lipinski definition) is 1. The highest BCUT2D eigenvalue weighted by Gasteiger charge is 2.03. The van der Waals surface area contributed by atoms with Crippen LogP contribution in [0.25, 0.3) is 0 Å². The zero-order chi connectivity index (χ0) is 11.5. The number of rotatable bonds is 4. The molecule has 72 valence electrons. The van der Waals surface area contributed by atoms with Crippen LogP contribution in [0.1, 0.15) is 8.30 Å². The summed E-state index contributed by atoms with van der Waals surface area (Å²) in [5.74, 6) is 1.21. The van der Waals surface area contributed by atoms with Crippen molar-refractivity contribution in [1.82, 2.24) is 0 Å². The molecule has 2 N–H and O–H groups in total. The van der Waals surface area contributed by atoms with Crippen LogP contribution in [0.5, 0.6) is 11.5 Å². The molecule has 3 nitrogen and oxygen atoms in total. The summed E-state index contributed by atoms with van der Waals surface area (Å²) in [6.45, 7) is -1.71. The molecule has 13 heavy (non-hydrogen) atoms. The summed E-state index contributed by atoms with van der Waals surface area (Å²) < 4.78 is 24.7. The molecule has 1 rings (SSSR count). The number of benzene rings is 1. The Kier molecular flexibility index (Phi) is 2.62. The van der Waals surface area contributed by atoms with Crippen LogP contribution in [0.2, 0.25) is 0 Å². The van der Waals surface area contributed by atoms with Gasteiger partial charge in [0.2, 0.25) is 0 Å². The zero-order valence-corrected chi connectivity index (χ0v) is 7.83. The Labute approximate surface area is 81.3 Å². The van der Waals surface area contributed by atoms with Crippen LogP contribution < -0.4 is 15.2 Å². The monoisotopic (exact) mass is 183 g/mol. The van der Waals surface area contributed by atoms with Crippen LogP contribution in [0.4, 0.5) is 0 Å². The van der Waals surface area contributed by atoms with Gasteiger partial charge in [0.15, 0.2) is 11.5 Å². The Morgan fingerprint density at radius 2 is 2.00 bits per heavy atom. The fourth-order valence-electron chi connectivity index (χ4n) is 1.11. The molecule has 3 heteroatoms. The second kappa shape index (κ2) is 4.72. The van der Waals surface area contributed by atoms with E-state index in [2.05, 4.69) is 0 Å². The van der Waals surface area contributed by atoms with Gasteiger partial charge < -0.3 is 15.2 Å². The lowest BCUT2D eigenvalue weighted by molar-refractivity contribution is 0.354. The first-order chi connectivity index (χ1) is 6.96. The van der Waals surface area contributed by atoms with Gasteiger partial charge in [-0.2, -0.15) is 0 Å². The molecule has 0 saturated carbocycles. The summed E-state index contributed by atoms with van der Waals surface area (Å²) in [5, 5.41) is 0. The Hall–Kier alpha value is -1.22. The van der Waals surface area contributed by atoms with Crippen molar-refractivity contribution in [3.8, 4) is 11.5 Å². The van der Waals surface area contributed by atoms with Gasteiger partial charge in [-0.15, -0.1) is 0 Å². The van der Waals surface area contributed by atoms with Gasteiger partial charge in [0.05, 0.1) is 14.2 Å². The van der Waals surface area contributed by atoms with Gasteiger partial charge >= 0.3 is 0 Å². The minimum Gasteiger partial charge on any atom is -0.493 e. The lowest BCUT2D eigenvalue weighted by atomic mass is 10.1. The van der Waals surface area contributed by atoms with E-state index in [1.54, 1.807) is 32.4 Å². The van der Waals surface area contributed by atoms with Crippen molar-refractivity contribution in [1.29, 1.82) is 0 Å². The summed E-state index contributed by atoms with van der Waals surface area (Å²) in [7, 11) is 3.10. The molecule has 0 heterocycles. The molecule has 0 aliphatic carbocycles. The van der Waals surface area contributed by atoms with Gasteiger partial charge in [-0.3, -0.25) is 0 Å². The van der Waals surface area contributed by atoms with Crippen LogP contribution in [0, 0.1) is 0 Å². The van der Waals surface area contributed by atoms with E-state index in [0.29, 0.717) is 11.5 Å². The highest BCUT2D eigenvalue weighted by atomic mass is 16.5. The van der Waals surface area contributed by atoms with Crippen molar-refractivity contribution in [3.63, 3.8) is 0 Å². The maximum Gasteiger partial charge on any atom is 0.160 e. The van der Waals surface area contributed by atoms with E-state index in [1.807, 2.05) is 0 Å². The first kappa shape index (κ1) is 7.21. The van der Waals surface area contributed by atoms with E-state index >= 15 is 0 Å². The average Bonchev–Trinajstić information content (AvgIpc) is 2.15. The molecular weight excluding hydrogens is 166 g/mol. The lowest BCUT2D eigenvalue weighted by Crippen LogP contribution is -2.03.